The Kier molecular flexibility index (Phi) is 11.1. The molecule has 0 aromatic rings. The van der Waals surface area contributed by atoms with E-state index in [2.05, 4.69) is 16.0 Å². The SMILES string of the molecule is CC(C)N[C@H](C(=O)N[C@@H](CCCCNC(N)=O)C(=O)C(C)C)C(C)C. The predicted octanol–water partition coefficient (Wildman–Crippen LogP) is 1.56. The highest BCUT2D eigenvalue weighted by molar-refractivity contribution is 5.91. The van der Waals surface area contributed by atoms with Crippen LogP contribution in [0.15, 0.2) is 0 Å². The summed E-state index contributed by atoms with van der Waals surface area (Å²) in [5.41, 5.74) is 5.02. The zero-order valence-electron chi connectivity index (χ0n) is 16.5. The molecule has 3 amide bonds. The van der Waals surface area contributed by atoms with E-state index < -0.39 is 12.1 Å². The van der Waals surface area contributed by atoms with Crippen molar-refractivity contribution in [1.29, 1.82) is 0 Å². The van der Waals surface area contributed by atoms with E-state index in [1.165, 1.54) is 0 Å². The second kappa shape index (κ2) is 11.8. The fourth-order valence-corrected chi connectivity index (χ4v) is 2.56. The molecule has 0 radical (unpaired) electrons. The van der Waals surface area contributed by atoms with Gasteiger partial charge in [-0.3, -0.25) is 9.59 Å². The van der Waals surface area contributed by atoms with Gasteiger partial charge in [0.1, 0.15) is 0 Å². The van der Waals surface area contributed by atoms with Gasteiger partial charge in [-0.15, -0.1) is 0 Å². The monoisotopic (exact) mass is 356 g/mol. The average molecular weight is 357 g/mol. The van der Waals surface area contributed by atoms with Gasteiger partial charge < -0.3 is 21.7 Å². The number of amides is 3. The summed E-state index contributed by atoms with van der Waals surface area (Å²) in [4.78, 5) is 35.7. The molecule has 0 heterocycles. The first-order valence-corrected chi connectivity index (χ1v) is 9.19. The standard InChI is InChI=1S/C18H36N4O3/c1-11(2)15(21-13(5)6)17(24)22-14(16(23)12(3)4)9-7-8-10-20-18(19)25/h11-15,21H,7-10H2,1-6H3,(H,22,24)(H3,19,20,25)/t14-,15-/m0/s1. The predicted molar refractivity (Wildman–Crippen MR) is 100 cm³/mol. The summed E-state index contributed by atoms with van der Waals surface area (Å²) >= 11 is 0. The van der Waals surface area contributed by atoms with E-state index in [4.69, 9.17) is 5.73 Å². The number of carbonyl (C=O) groups is 3. The number of ketones is 1. The number of carbonyl (C=O) groups excluding carboxylic acids is 3. The van der Waals surface area contributed by atoms with Crippen LogP contribution in [-0.2, 0) is 9.59 Å². The molecule has 0 bridgehead atoms. The third-order valence-electron chi connectivity index (χ3n) is 3.91. The van der Waals surface area contributed by atoms with E-state index in [0.29, 0.717) is 25.8 Å². The first-order chi connectivity index (χ1) is 11.6. The lowest BCUT2D eigenvalue weighted by molar-refractivity contribution is -0.131. The Hall–Kier alpha value is -1.63. The first-order valence-electron chi connectivity index (χ1n) is 9.19. The molecular formula is C18H36N4O3. The smallest absolute Gasteiger partial charge is 0.312 e. The molecule has 7 nitrogen and oxygen atoms in total. The van der Waals surface area contributed by atoms with Crippen LogP contribution in [0.5, 0.6) is 0 Å². The van der Waals surface area contributed by atoms with E-state index in [-0.39, 0.29) is 35.6 Å². The van der Waals surface area contributed by atoms with Crippen LogP contribution in [0.3, 0.4) is 0 Å². The van der Waals surface area contributed by atoms with E-state index in [9.17, 15) is 14.4 Å². The maximum Gasteiger partial charge on any atom is 0.312 e. The number of hydrogen-bond acceptors (Lipinski definition) is 4. The Balaban J connectivity index is 4.78. The number of nitrogens with two attached hydrogens (primary N) is 1. The topological polar surface area (TPSA) is 113 Å². The van der Waals surface area contributed by atoms with Crippen molar-refractivity contribution < 1.29 is 14.4 Å². The van der Waals surface area contributed by atoms with Crippen LogP contribution in [0.25, 0.3) is 0 Å². The second-order valence-electron chi connectivity index (χ2n) is 7.45. The van der Waals surface area contributed by atoms with Gasteiger partial charge in [0.15, 0.2) is 5.78 Å². The molecule has 0 aromatic carbocycles. The van der Waals surface area contributed by atoms with Gasteiger partial charge in [0.05, 0.1) is 12.1 Å². The fourth-order valence-electron chi connectivity index (χ4n) is 2.56. The molecule has 5 N–H and O–H groups in total. The van der Waals surface area contributed by atoms with Crippen molar-refractivity contribution in [2.24, 2.45) is 17.6 Å². The van der Waals surface area contributed by atoms with Crippen molar-refractivity contribution in [1.82, 2.24) is 16.0 Å². The van der Waals surface area contributed by atoms with Crippen molar-refractivity contribution >= 4 is 17.7 Å². The van der Waals surface area contributed by atoms with Crippen LogP contribution >= 0.6 is 0 Å². The molecule has 0 rings (SSSR count). The molecule has 0 saturated heterocycles. The summed E-state index contributed by atoms with van der Waals surface area (Å²) in [6.45, 7) is 12.1. The zero-order valence-corrected chi connectivity index (χ0v) is 16.5. The summed E-state index contributed by atoms with van der Waals surface area (Å²) in [6.07, 6.45) is 1.97. The van der Waals surface area contributed by atoms with E-state index in [1.807, 2.05) is 41.5 Å². The van der Waals surface area contributed by atoms with Gasteiger partial charge in [0.2, 0.25) is 5.91 Å². The number of rotatable bonds is 12. The number of Topliss-reactive ketones (excluding diaryl/α,β-unsaturated/α-hetero) is 1. The third kappa shape index (κ3) is 10.1. The van der Waals surface area contributed by atoms with Crippen molar-refractivity contribution in [3.8, 4) is 0 Å². The number of primary amides is 1. The third-order valence-corrected chi connectivity index (χ3v) is 3.91. The summed E-state index contributed by atoms with van der Waals surface area (Å²) in [5, 5.41) is 8.70. The fraction of sp³-hybridized carbons (Fsp3) is 0.833. The molecule has 0 unspecified atom stereocenters. The Morgan fingerprint density at radius 2 is 1.56 bits per heavy atom. The molecule has 146 valence electrons. The Morgan fingerprint density at radius 1 is 0.960 bits per heavy atom. The lowest BCUT2D eigenvalue weighted by atomic mass is 9.95. The van der Waals surface area contributed by atoms with Gasteiger partial charge in [-0.1, -0.05) is 41.5 Å². The highest BCUT2D eigenvalue weighted by Crippen LogP contribution is 2.10. The quantitative estimate of drug-likeness (QED) is 0.397. The number of nitrogens with one attached hydrogen (secondary N) is 3. The summed E-state index contributed by atoms with van der Waals surface area (Å²) in [7, 11) is 0. The molecule has 0 fully saturated rings. The lowest BCUT2D eigenvalue weighted by Gasteiger charge is -2.27. The Morgan fingerprint density at radius 3 is 2.00 bits per heavy atom. The normalized spacial score (nSPS) is 13.8. The molecule has 0 spiro atoms. The minimum atomic E-state index is -0.553. The van der Waals surface area contributed by atoms with Gasteiger partial charge in [-0.05, 0) is 25.2 Å². The molecule has 25 heavy (non-hydrogen) atoms. The van der Waals surface area contributed by atoms with Gasteiger partial charge in [0.25, 0.3) is 0 Å². The van der Waals surface area contributed by atoms with Gasteiger partial charge in [0, 0.05) is 18.5 Å². The second-order valence-corrected chi connectivity index (χ2v) is 7.45. The maximum absolute atomic E-state index is 12.6. The van der Waals surface area contributed by atoms with Crippen LogP contribution in [0.2, 0.25) is 0 Å². The molecule has 2 atom stereocenters. The van der Waals surface area contributed by atoms with Crippen LogP contribution in [0.4, 0.5) is 4.79 Å². The van der Waals surface area contributed by atoms with Crippen LogP contribution in [-0.4, -0.2) is 42.4 Å². The summed E-state index contributed by atoms with van der Waals surface area (Å²) < 4.78 is 0. The Labute approximate surface area is 151 Å². The molecule has 0 saturated carbocycles. The van der Waals surface area contributed by atoms with Crippen molar-refractivity contribution in [2.45, 2.75) is 78.9 Å². The van der Waals surface area contributed by atoms with E-state index >= 15 is 0 Å². The summed E-state index contributed by atoms with van der Waals surface area (Å²) in [5.74, 6) is -0.136. The Bertz CT molecular complexity index is 436. The minimum Gasteiger partial charge on any atom is -0.352 e. The number of urea groups is 1. The molecule has 0 aliphatic heterocycles. The first kappa shape index (κ1) is 23.4. The average Bonchev–Trinajstić information content (AvgIpc) is 2.49. The highest BCUT2D eigenvalue weighted by atomic mass is 16.2. The van der Waals surface area contributed by atoms with Gasteiger partial charge in [-0.25, -0.2) is 4.79 Å². The van der Waals surface area contributed by atoms with Gasteiger partial charge >= 0.3 is 6.03 Å². The number of hydrogen-bond donors (Lipinski definition) is 4. The zero-order chi connectivity index (χ0) is 19.6. The number of unbranched alkanes of at least 4 members (excludes halogenated alkanes) is 1. The molecule has 0 aromatic heterocycles. The van der Waals surface area contributed by atoms with E-state index in [1.54, 1.807) is 0 Å². The highest BCUT2D eigenvalue weighted by Gasteiger charge is 2.28. The maximum atomic E-state index is 12.6. The van der Waals surface area contributed by atoms with E-state index in [0.717, 1.165) is 0 Å². The minimum absolute atomic E-state index is 0.0308. The van der Waals surface area contributed by atoms with Gasteiger partial charge in [-0.2, -0.15) is 0 Å². The largest absolute Gasteiger partial charge is 0.352 e. The molecular weight excluding hydrogens is 320 g/mol. The molecule has 0 aliphatic carbocycles. The van der Waals surface area contributed by atoms with Crippen LogP contribution in [0.1, 0.15) is 60.8 Å². The van der Waals surface area contributed by atoms with Crippen molar-refractivity contribution in [3.63, 3.8) is 0 Å². The van der Waals surface area contributed by atoms with Crippen molar-refractivity contribution in [3.05, 3.63) is 0 Å². The molecule has 0 aliphatic rings. The molecule has 7 heteroatoms. The summed E-state index contributed by atoms with van der Waals surface area (Å²) in [6, 6.07) is -1.21. The van der Waals surface area contributed by atoms with Crippen LogP contribution in [0, 0.1) is 11.8 Å². The van der Waals surface area contributed by atoms with Crippen LogP contribution < -0.4 is 21.7 Å². The van der Waals surface area contributed by atoms with Crippen molar-refractivity contribution in [2.75, 3.05) is 6.54 Å². The lowest BCUT2D eigenvalue weighted by Crippen LogP contribution is -2.54.